The smallest absolute Gasteiger partial charge is 0.0162 e. The zero-order chi connectivity index (χ0) is 16.1. The Labute approximate surface area is 140 Å². The Morgan fingerprint density at radius 1 is 0.591 bits per heavy atom. The molecule has 0 bridgehead atoms. The van der Waals surface area contributed by atoms with Gasteiger partial charge in [-0.2, -0.15) is 0 Å². The lowest BCUT2D eigenvalue weighted by Crippen LogP contribution is -1.81. The fourth-order valence-corrected chi connectivity index (χ4v) is 2.66. The monoisotopic (exact) mass is 302 g/mol. The molecule has 22 heavy (non-hydrogen) atoms. The van der Waals surface area contributed by atoms with Gasteiger partial charge in [0.2, 0.25) is 0 Å². The van der Waals surface area contributed by atoms with Crippen molar-refractivity contribution in [1.29, 1.82) is 0 Å². The van der Waals surface area contributed by atoms with Crippen LogP contribution in [0.15, 0.2) is 24.3 Å². The van der Waals surface area contributed by atoms with Gasteiger partial charge in [0.15, 0.2) is 0 Å². The van der Waals surface area contributed by atoms with Crippen LogP contribution in [0.5, 0.6) is 0 Å². The zero-order valence-electron chi connectivity index (χ0n) is 15.0. The van der Waals surface area contributed by atoms with Crippen LogP contribution < -0.4 is 0 Å². The van der Waals surface area contributed by atoms with Crippen molar-refractivity contribution in [3.05, 3.63) is 24.3 Å². The van der Waals surface area contributed by atoms with Gasteiger partial charge < -0.3 is 0 Å². The molecule has 0 aromatic heterocycles. The maximum atomic E-state index is 5.16. The van der Waals surface area contributed by atoms with E-state index in [1.807, 2.05) is 6.08 Å². The van der Waals surface area contributed by atoms with Crippen LogP contribution in [0.2, 0.25) is 0 Å². The number of allylic oxidation sites excluding steroid dienone is 4. The normalized spacial score (nSPS) is 11.5. The Kier molecular flexibility index (Phi) is 19.2. The predicted octanol–water partition coefficient (Wildman–Crippen LogP) is 7.60. The van der Waals surface area contributed by atoms with E-state index in [9.17, 15) is 0 Å². The van der Waals surface area contributed by atoms with E-state index in [1.54, 1.807) is 0 Å². The van der Waals surface area contributed by atoms with Crippen molar-refractivity contribution >= 4 is 0 Å². The molecule has 0 aliphatic carbocycles. The van der Waals surface area contributed by atoms with Gasteiger partial charge in [0, 0.05) is 0 Å². The van der Waals surface area contributed by atoms with E-state index < -0.39 is 0 Å². The highest BCUT2D eigenvalue weighted by Gasteiger charge is 1.91. The van der Waals surface area contributed by atoms with Crippen molar-refractivity contribution < 1.29 is 0 Å². The third kappa shape index (κ3) is 19.0. The highest BCUT2D eigenvalue weighted by Crippen LogP contribution is 2.11. The summed E-state index contributed by atoms with van der Waals surface area (Å²) < 4.78 is 0. The van der Waals surface area contributed by atoms with Gasteiger partial charge in [0.25, 0.3) is 0 Å². The largest absolute Gasteiger partial charge is 0.115 e. The summed E-state index contributed by atoms with van der Waals surface area (Å²) in [6.07, 6.45) is 34.2. The zero-order valence-corrected chi connectivity index (χ0v) is 15.0. The lowest BCUT2D eigenvalue weighted by molar-refractivity contribution is 0.571. The molecule has 0 N–H and O–H groups in total. The molecular formula is C22H38. The number of rotatable bonds is 16. The van der Waals surface area contributed by atoms with E-state index in [2.05, 4.69) is 31.1 Å². The summed E-state index contributed by atoms with van der Waals surface area (Å²) in [5.74, 6) is 2.54. The Hall–Kier alpha value is -0.960. The molecule has 0 aliphatic rings. The van der Waals surface area contributed by atoms with Gasteiger partial charge in [-0.15, -0.1) is 6.42 Å². The summed E-state index contributed by atoms with van der Waals surface area (Å²) in [5, 5.41) is 0. The molecule has 0 atom stereocenters. The number of unbranched alkanes of at least 4 members (excludes halogenated alkanes) is 13. The van der Waals surface area contributed by atoms with Gasteiger partial charge >= 0.3 is 0 Å². The molecule has 0 spiro atoms. The topological polar surface area (TPSA) is 0 Å². The number of hydrogen-bond donors (Lipinski definition) is 0. The van der Waals surface area contributed by atoms with Crippen LogP contribution in [0.1, 0.15) is 103 Å². The summed E-state index contributed by atoms with van der Waals surface area (Å²) in [6.45, 7) is 2.27. The van der Waals surface area contributed by atoms with Crippen molar-refractivity contribution in [2.75, 3.05) is 0 Å². The third-order valence-corrected chi connectivity index (χ3v) is 4.10. The first-order valence-corrected chi connectivity index (χ1v) is 9.68. The Balaban J connectivity index is 3.06. The molecule has 0 heteroatoms. The molecule has 0 amide bonds. The van der Waals surface area contributed by atoms with Gasteiger partial charge in [-0.25, -0.2) is 0 Å². The Bertz CT molecular complexity index is 290. The van der Waals surface area contributed by atoms with Crippen molar-refractivity contribution in [3.8, 4) is 12.3 Å². The molecule has 0 rings (SSSR count). The molecule has 0 saturated heterocycles. The minimum atomic E-state index is 1.15. The van der Waals surface area contributed by atoms with Crippen molar-refractivity contribution in [2.45, 2.75) is 103 Å². The fraction of sp³-hybridized carbons (Fsp3) is 0.727. The van der Waals surface area contributed by atoms with Crippen LogP contribution in [-0.4, -0.2) is 0 Å². The average Bonchev–Trinajstić information content (AvgIpc) is 2.54. The first-order valence-electron chi connectivity index (χ1n) is 9.68. The van der Waals surface area contributed by atoms with E-state index in [0.29, 0.717) is 0 Å². The summed E-state index contributed by atoms with van der Waals surface area (Å²) in [6, 6.07) is 0. The third-order valence-electron chi connectivity index (χ3n) is 4.10. The highest BCUT2D eigenvalue weighted by molar-refractivity contribution is 5.08. The minimum absolute atomic E-state index is 1.15. The van der Waals surface area contributed by atoms with E-state index in [-0.39, 0.29) is 0 Å². The maximum absolute atomic E-state index is 5.16. The lowest BCUT2D eigenvalue weighted by atomic mass is 10.1. The van der Waals surface area contributed by atoms with Crippen LogP contribution in [-0.2, 0) is 0 Å². The molecule has 0 unspecified atom stereocenters. The second kappa shape index (κ2) is 20.0. The van der Waals surface area contributed by atoms with Crippen LogP contribution in [0.3, 0.4) is 0 Å². The summed E-state index contributed by atoms with van der Waals surface area (Å²) in [5.41, 5.74) is 0. The van der Waals surface area contributed by atoms with Crippen molar-refractivity contribution in [1.82, 2.24) is 0 Å². The quantitative estimate of drug-likeness (QED) is 0.156. The molecule has 0 aromatic rings. The molecule has 0 heterocycles. The summed E-state index contributed by atoms with van der Waals surface area (Å²) in [7, 11) is 0. The van der Waals surface area contributed by atoms with Crippen LogP contribution >= 0.6 is 0 Å². The molecule has 0 aliphatic heterocycles. The van der Waals surface area contributed by atoms with E-state index in [0.717, 1.165) is 6.42 Å². The van der Waals surface area contributed by atoms with Crippen molar-refractivity contribution in [2.24, 2.45) is 0 Å². The van der Waals surface area contributed by atoms with E-state index in [4.69, 9.17) is 6.42 Å². The van der Waals surface area contributed by atoms with Crippen molar-refractivity contribution in [3.63, 3.8) is 0 Å². The minimum Gasteiger partial charge on any atom is -0.115 e. The fourth-order valence-electron chi connectivity index (χ4n) is 2.66. The van der Waals surface area contributed by atoms with E-state index in [1.165, 1.54) is 89.9 Å². The van der Waals surface area contributed by atoms with Gasteiger partial charge in [-0.1, -0.05) is 88.9 Å². The van der Waals surface area contributed by atoms with Gasteiger partial charge in [-0.3, -0.25) is 0 Å². The average molecular weight is 303 g/mol. The number of terminal acetylenes is 1. The molecule has 0 aromatic carbocycles. The molecule has 0 nitrogen and oxygen atoms in total. The van der Waals surface area contributed by atoms with Crippen LogP contribution in [0.25, 0.3) is 0 Å². The standard InChI is InChI=1S/C22H38/c1-3-5-7-9-11-13-15-17-19-21-22-20-18-16-14-12-10-8-6-4-2/h1,5,7,14,16H,4,6,8-13,15,17-22H2,2H3/b7-5+,16-14-. The maximum Gasteiger partial charge on any atom is -0.0162 e. The Morgan fingerprint density at radius 2 is 1.00 bits per heavy atom. The molecule has 0 radical (unpaired) electrons. The second-order valence-corrected chi connectivity index (χ2v) is 6.30. The second-order valence-electron chi connectivity index (χ2n) is 6.30. The lowest BCUT2D eigenvalue weighted by Gasteiger charge is -2.00. The first-order chi connectivity index (χ1) is 10.9. The molecular weight excluding hydrogens is 264 g/mol. The summed E-state index contributed by atoms with van der Waals surface area (Å²) >= 11 is 0. The molecule has 0 saturated carbocycles. The van der Waals surface area contributed by atoms with Gasteiger partial charge in [0.1, 0.15) is 0 Å². The van der Waals surface area contributed by atoms with Gasteiger partial charge in [0.05, 0.1) is 0 Å². The predicted molar refractivity (Wildman–Crippen MR) is 102 cm³/mol. The van der Waals surface area contributed by atoms with Crippen LogP contribution in [0, 0.1) is 12.3 Å². The SMILES string of the molecule is C#C/C=C/CCCCCCCCCC/C=C\CCCCCC. The highest BCUT2D eigenvalue weighted by atomic mass is 14.0. The molecule has 0 fully saturated rings. The Morgan fingerprint density at radius 3 is 1.45 bits per heavy atom. The number of hydrogen-bond acceptors (Lipinski definition) is 0. The summed E-state index contributed by atoms with van der Waals surface area (Å²) in [4.78, 5) is 0. The first kappa shape index (κ1) is 21.0. The van der Waals surface area contributed by atoms with Gasteiger partial charge in [-0.05, 0) is 44.6 Å². The van der Waals surface area contributed by atoms with Crippen LogP contribution in [0.4, 0.5) is 0 Å². The molecule has 126 valence electrons. The van der Waals surface area contributed by atoms with E-state index >= 15 is 0 Å².